The second kappa shape index (κ2) is 22.4. The van der Waals surface area contributed by atoms with Gasteiger partial charge in [-0.25, -0.2) is 0 Å². The van der Waals surface area contributed by atoms with Crippen LogP contribution in [0.3, 0.4) is 0 Å². The van der Waals surface area contributed by atoms with Gasteiger partial charge in [-0.2, -0.15) is 0 Å². The Balaban J connectivity index is 0.983. The minimum Gasteiger partial charge on any atom is -0.354 e. The molecule has 64 heavy (non-hydrogen) atoms. The van der Waals surface area contributed by atoms with Crippen molar-refractivity contribution in [2.45, 2.75) is 127 Å². The summed E-state index contributed by atoms with van der Waals surface area (Å²) in [6.07, 6.45) is 12.5. The summed E-state index contributed by atoms with van der Waals surface area (Å²) in [6, 6.07) is 25.8. The Morgan fingerprint density at radius 2 is 1.02 bits per heavy atom. The van der Waals surface area contributed by atoms with Crippen molar-refractivity contribution in [2.24, 2.45) is 11.8 Å². The SMILES string of the molecule is CCCCCCCCC(=O)N1CCN(C(=O)c2ccc(C(=O)N3C[C@@H](C(=O)N[C@H]4C[C@@H]4c4ccccc4)[C@H](C(=O)N[C@H]4C[C@@H]4c4ccccc4)C3)cc2)CC1C(=O)NCCCCCC. The number of benzene rings is 3. The van der Waals surface area contributed by atoms with Gasteiger partial charge in [0.05, 0.1) is 18.4 Å². The molecule has 342 valence electrons. The van der Waals surface area contributed by atoms with Crippen molar-refractivity contribution < 1.29 is 28.8 Å². The molecule has 7 atom stereocenters. The summed E-state index contributed by atoms with van der Waals surface area (Å²) in [7, 11) is 0. The average Bonchev–Trinajstić information content (AvgIpc) is 4.24. The van der Waals surface area contributed by atoms with E-state index in [9.17, 15) is 28.8 Å². The Bertz CT molecular complexity index is 1990. The summed E-state index contributed by atoms with van der Waals surface area (Å²) in [4.78, 5) is 87.9. The third-order valence-electron chi connectivity index (χ3n) is 13.7. The van der Waals surface area contributed by atoms with Gasteiger partial charge >= 0.3 is 0 Å². The Labute approximate surface area is 379 Å². The van der Waals surface area contributed by atoms with Gasteiger partial charge < -0.3 is 30.7 Å². The molecule has 2 saturated heterocycles. The average molecular weight is 873 g/mol. The number of hydrogen-bond acceptors (Lipinski definition) is 6. The first-order valence-electron chi connectivity index (χ1n) is 24.1. The van der Waals surface area contributed by atoms with Crippen LogP contribution in [0.1, 0.15) is 141 Å². The zero-order valence-electron chi connectivity index (χ0n) is 37.9. The molecule has 12 heteroatoms. The van der Waals surface area contributed by atoms with Crippen molar-refractivity contribution in [3.8, 4) is 0 Å². The predicted octanol–water partition coefficient (Wildman–Crippen LogP) is 6.82. The van der Waals surface area contributed by atoms with E-state index in [0.717, 1.165) is 70.6 Å². The van der Waals surface area contributed by atoms with E-state index in [4.69, 9.17) is 0 Å². The maximum absolute atomic E-state index is 14.1. The van der Waals surface area contributed by atoms with Crippen LogP contribution in [0.2, 0.25) is 0 Å². The minimum absolute atomic E-state index is 0.0203. The monoisotopic (exact) mass is 873 g/mol. The van der Waals surface area contributed by atoms with Gasteiger partial charge in [-0.05, 0) is 61.1 Å². The zero-order valence-corrected chi connectivity index (χ0v) is 37.9. The van der Waals surface area contributed by atoms with Crippen molar-refractivity contribution in [2.75, 3.05) is 39.3 Å². The van der Waals surface area contributed by atoms with Crippen molar-refractivity contribution in [3.63, 3.8) is 0 Å². The molecule has 4 fully saturated rings. The van der Waals surface area contributed by atoms with Gasteiger partial charge in [-0.3, -0.25) is 28.8 Å². The number of rotatable bonds is 21. The summed E-state index contributed by atoms with van der Waals surface area (Å²) in [5.74, 6) is -2.31. The fourth-order valence-electron chi connectivity index (χ4n) is 9.62. The van der Waals surface area contributed by atoms with Crippen LogP contribution in [-0.2, 0) is 19.2 Å². The molecule has 3 N–H and O–H groups in total. The lowest BCUT2D eigenvalue weighted by molar-refractivity contribution is -0.143. The molecule has 7 rings (SSSR count). The van der Waals surface area contributed by atoms with Gasteiger partial charge in [0.2, 0.25) is 23.6 Å². The van der Waals surface area contributed by atoms with Crippen molar-refractivity contribution in [3.05, 3.63) is 107 Å². The minimum atomic E-state index is -0.781. The fraction of sp³-hybridized carbons (Fsp3) is 0.538. The number of carbonyl (C=O) groups is 6. The number of piperazine rings is 1. The zero-order chi connectivity index (χ0) is 45.0. The lowest BCUT2D eigenvalue weighted by Gasteiger charge is -2.40. The van der Waals surface area contributed by atoms with Crippen LogP contribution in [0.25, 0.3) is 0 Å². The Morgan fingerprint density at radius 1 is 0.531 bits per heavy atom. The molecular weight excluding hydrogens is 805 g/mol. The van der Waals surface area contributed by atoms with Crippen LogP contribution in [-0.4, -0.2) is 108 Å². The molecule has 4 aliphatic rings. The van der Waals surface area contributed by atoms with Gasteiger partial charge in [0.25, 0.3) is 11.8 Å². The molecule has 0 spiro atoms. The number of likely N-dealkylation sites (tertiary alicyclic amines) is 1. The highest BCUT2D eigenvalue weighted by molar-refractivity contribution is 6.00. The summed E-state index contributed by atoms with van der Waals surface area (Å²) in [5.41, 5.74) is 3.05. The second-order valence-electron chi connectivity index (χ2n) is 18.5. The maximum Gasteiger partial charge on any atom is 0.253 e. The molecule has 2 aliphatic heterocycles. The van der Waals surface area contributed by atoms with Crippen LogP contribution in [0.4, 0.5) is 0 Å². The van der Waals surface area contributed by atoms with E-state index in [0.29, 0.717) is 30.6 Å². The summed E-state index contributed by atoms with van der Waals surface area (Å²) >= 11 is 0. The van der Waals surface area contributed by atoms with Crippen molar-refractivity contribution in [1.82, 2.24) is 30.7 Å². The first-order valence-corrected chi connectivity index (χ1v) is 24.1. The van der Waals surface area contributed by atoms with E-state index in [1.54, 1.807) is 39.0 Å². The molecule has 6 amide bonds. The van der Waals surface area contributed by atoms with E-state index in [1.165, 1.54) is 17.5 Å². The van der Waals surface area contributed by atoms with Crippen LogP contribution in [0.15, 0.2) is 84.9 Å². The first-order chi connectivity index (χ1) is 31.2. The smallest absolute Gasteiger partial charge is 0.253 e. The Hall–Kier alpha value is -5.52. The third kappa shape index (κ3) is 12.0. The summed E-state index contributed by atoms with van der Waals surface area (Å²) in [6.45, 7) is 5.69. The molecule has 12 nitrogen and oxygen atoms in total. The highest BCUT2D eigenvalue weighted by Crippen LogP contribution is 2.42. The van der Waals surface area contributed by atoms with E-state index in [1.807, 2.05) is 36.4 Å². The normalized spacial score (nSPS) is 23.6. The molecule has 0 aromatic heterocycles. The van der Waals surface area contributed by atoms with E-state index < -0.39 is 17.9 Å². The highest BCUT2D eigenvalue weighted by Gasteiger charge is 2.49. The number of unbranched alkanes of at least 4 members (excludes halogenated alkanes) is 8. The van der Waals surface area contributed by atoms with Gasteiger partial charge in [-0.15, -0.1) is 0 Å². The van der Waals surface area contributed by atoms with Gasteiger partial charge in [-0.1, -0.05) is 126 Å². The first kappa shape index (κ1) is 46.5. The van der Waals surface area contributed by atoms with Crippen molar-refractivity contribution >= 4 is 35.4 Å². The molecule has 1 unspecified atom stereocenters. The van der Waals surface area contributed by atoms with Gasteiger partial charge in [0, 0.05) is 74.2 Å². The van der Waals surface area contributed by atoms with Crippen LogP contribution < -0.4 is 16.0 Å². The largest absolute Gasteiger partial charge is 0.354 e. The Kier molecular flexibility index (Phi) is 16.3. The lowest BCUT2D eigenvalue weighted by atomic mass is 9.94. The molecule has 3 aromatic rings. The van der Waals surface area contributed by atoms with Crippen LogP contribution in [0, 0.1) is 11.8 Å². The Morgan fingerprint density at radius 3 is 1.55 bits per heavy atom. The standard InChI is InChI=1S/C52H68N6O6/c1-3-5-7-9-10-17-23-47(59)58-30-29-56(35-46(58)50(62)53-28-18-8-6-4-2)51(63)38-24-26-39(27-25-38)52(64)57-33-42(48(60)54-44-31-40(44)36-19-13-11-14-20-36)43(34-57)49(61)55-45-32-41(45)37-21-15-12-16-22-37/h11-16,19-22,24-27,40-46H,3-10,17-18,23,28-35H2,1-2H3,(H,53,62)(H,54,60)(H,55,61)/t40-,41-,42-,43-,44+,45+,46?/m1/s1. The van der Waals surface area contributed by atoms with Crippen molar-refractivity contribution in [1.29, 1.82) is 0 Å². The molecule has 0 bridgehead atoms. The summed E-state index contributed by atoms with van der Waals surface area (Å²) in [5, 5.41) is 9.41. The lowest BCUT2D eigenvalue weighted by Crippen LogP contribution is -2.61. The molecule has 2 saturated carbocycles. The topological polar surface area (TPSA) is 148 Å². The predicted molar refractivity (Wildman–Crippen MR) is 247 cm³/mol. The third-order valence-corrected chi connectivity index (χ3v) is 13.7. The number of carbonyl (C=O) groups excluding carboxylic acids is 6. The molecule has 2 heterocycles. The fourth-order valence-corrected chi connectivity index (χ4v) is 9.62. The molecule has 2 aliphatic carbocycles. The van der Waals surface area contributed by atoms with E-state index in [2.05, 4.69) is 54.1 Å². The molecular formula is C52H68N6O6. The number of amides is 6. The molecule has 3 aromatic carbocycles. The summed E-state index contributed by atoms with van der Waals surface area (Å²) < 4.78 is 0. The maximum atomic E-state index is 14.1. The number of nitrogens with zero attached hydrogens (tertiary/aromatic N) is 3. The highest BCUT2D eigenvalue weighted by atomic mass is 16.2. The van der Waals surface area contributed by atoms with Crippen LogP contribution >= 0.6 is 0 Å². The van der Waals surface area contributed by atoms with E-state index in [-0.39, 0.29) is 85.5 Å². The number of nitrogens with one attached hydrogen (secondary N) is 3. The quantitative estimate of drug-likeness (QED) is 0.100. The molecule has 0 radical (unpaired) electrons. The van der Waals surface area contributed by atoms with Crippen LogP contribution in [0.5, 0.6) is 0 Å². The van der Waals surface area contributed by atoms with Gasteiger partial charge in [0.15, 0.2) is 0 Å². The second-order valence-corrected chi connectivity index (χ2v) is 18.5. The van der Waals surface area contributed by atoms with E-state index >= 15 is 0 Å². The van der Waals surface area contributed by atoms with Gasteiger partial charge in [0.1, 0.15) is 6.04 Å². The number of hydrogen-bond donors (Lipinski definition) is 3.